The lowest BCUT2D eigenvalue weighted by Crippen LogP contribution is -2.58. The fraction of sp³-hybridized carbons (Fsp3) is 0.739. The van der Waals surface area contributed by atoms with E-state index in [0.29, 0.717) is 19.4 Å². The molecule has 0 fully saturated rings. The number of rotatable bonds is 18. The molecule has 5 atom stereocenters. The van der Waals surface area contributed by atoms with Gasteiger partial charge in [0.1, 0.15) is 18.1 Å². The molecule has 0 saturated carbocycles. The zero-order chi connectivity index (χ0) is 28.7. The summed E-state index contributed by atoms with van der Waals surface area (Å²) in [5, 5.41) is 25.8. The summed E-state index contributed by atoms with van der Waals surface area (Å²) in [4.78, 5) is 64.9. The molecule has 0 heterocycles. The van der Waals surface area contributed by atoms with Crippen LogP contribution in [0.2, 0.25) is 0 Å². The number of nitrogens with two attached hydrogens (primary N) is 3. The molecule has 0 saturated heterocycles. The van der Waals surface area contributed by atoms with Gasteiger partial charge in [0, 0.05) is 13.0 Å². The molecule has 0 aromatic heterocycles. The minimum absolute atomic E-state index is 0.0115. The second kappa shape index (κ2) is 17.1. The lowest BCUT2D eigenvalue weighted by Gasteiger charge is -2.28. The summed E-state index contributed by atoms with van der Waals surface area (Å²) in [6, 6.07) is -4.44. The second-order valence-electron chi connectivity index (χ2n) is 9.45. The third kappa shape index (κ3) is 14.0. The average molecular weight is 530 g/mol. The van der Waals surface area contributed by atoms with Crippen molar-refractivity contribution >= 4 is 35.6 Å². The van der Waals surface area contributed by atoms with Gasteiger partial charge in [-0.1, -0.05) is 34.1 Å². The highest BCUT2D eigenvalue weighted by atomic mass is 16.4. The van der Waals surface area contributed by atoms with Crippen LogP contribution in [0.1, 0.15) is 66.2 Å². The molecular formula is C23H43N7O7. The molecule has 0 radical (unpaired) electrons. The maximum absolute atomic E-state index is 13.2. The number of nitrogens with zero attached hydrogens (tertiary/aromatic N) is 1. The minimum atomic E-state index is -1.44. The Hall–Kier alpha value is -3.42. The van der Waals surface area contributed by atoms with Gasteiger partial charge in [0.15, 0.2) is 5.96 Å². The van der Waals surface area contributed by atoms with Crippen LogP contribution in [0.25, 0.3) is 0 Å². The Morgan fingerprint density at radius 3 is 1.95 bits per heavy atom. The van der Waals surface area contributed by atoms with Gasteiger partial charge < -0.3 is 43.4 Å². The predicted molar refractivity (Wildman–Crippen MR) is 137 cm³/mol. The molecule has 0 aliphatic heterocycles. The lowest BCUT2D eigenvalue weighted by molar-refractivity contribution is -0.143. The Morgan fingerprint density at radius 1 is 0.865 bits per heavy atom. The predicted octanol–water partition coefficient (Wildman–Crippen LogP) is -1.14. The quantitative estimate of drug-likeness (QED) is 0.0601. The van der Waals surface area contributed by atoms with Crippen molar-refractivity contribution < 1.29 is 34.2 Å². The van der Waals surface area contributed by atoms with E-state index in [-0.39, 0.29) is 37.1 Å². The molecular weight excluding hydrogens is 486 g/mol. The van der Waals surface area contributed by atoms with Gasteiger partial charge in [-0.05, 0) is 37.5 Å². The van der Waals surface area contributed by atoms with Gasteiger partial charge in [0.05, 0.1) is 6.04 Å². The third-order valence-corrected chi connectivity index (χ3v) is 5.70. The summed E-state index contributed by atoms with van der Waals surface area (Å²) >= 11 is 0. The van der Waals surface area contributed by atoms with E-state index in [9.17, 15) is 29.1 Å². The molecule has 212 valence electrons. The van der Waals surface area contributed by atoms with Crippen molar-refractivity contribution in [2.45, 2.75) is 90.4 Å². The number of carboxylic acid groups (broad SMARTS) is 2. The topological polar surface area (TPSA) is 252 Å². The zero-order valence-electron chi connectivity index (χ0n) is 22.0. The lowest BCUT2D eigenvalue weighted by atomic mass is 9.96. The Morgan fingerprint density at radius 2 is 1.46 bits per heavy atom. The molecule has 5 unspecified atom stereocenters. The minimum Gasteiger partial charge on any atom is -0.481 e. The van der Waals surface area contributed by atoms with E-state index in [1.165, 1.54) is 0 Å². The van der Waals surface area contributed by atoms with Gasteiger partial charge in [-0.2, -0.15) is 0 Å². The van der Waals surface area contributed by atoms with Crippen LogP contribution in [0, 0.1) is 11.8 Å². The van der Waals surface area contributed by atoms with Crippen LogP contribution >= 0.6 is 0 Å². The summed E-state index contributed by atoms with van der Waals surface area (Å²) in [6.45, 7) is 7.53. The first-order chi connectivity index (χ1) is 17.2. The fourth-order valence-electron chi connectivity index (χ4n) is 3.37. The molecule has 0 aliphatic carbocycles. The zero-order valence-corrected chi connectivity index (χ0v) is 22.0. The van der Waals surface area contributed by atoms with Crippen molar-refractivity contribution in [3.05, 3.63) is 0 Å². The molecule has 14 nitrogen and oxygen atoms in total. The van der Waals surface area contributed by atoms with E-state index in [1.807, 2.05) is 13.8 Å². The number of hydrogen-bond donors (Lipinski definition) is 8. The summed E-state index contributed by atoms with van der Waals surface area (Å²) < 4.78 is 0. The Labute approximate surface area is 217 Å². The SMILES string of the molecule is CCC(C)C(NC(=O)C(CC(C)C)NC(=O)C(N)CCCN=C(N)N)C(=O)NC(CCC(=O)O)C(=O)O. The monoisotopic (exact) mass is 529 g/mol. The highest BCUT2D eigenvalue weighted by molar-refractivity contribution is 5.94. The van der Waals surface area contributed by atoms with Gasteiger partial charge in [-0.25, -0.2) is 4.79 Å². The Kier molecular flexibility index (Phi) is 15.5. The van der Waals surface area contributed by atoms with Crippen molar-refractivity contribution in [2.24, 2.45) is 34.0 Å². The first kappa shape index (κ1) is 33.6. The fourth-order valence-corrected chi connectivity index (χ4v) is 3.37. The molecule has 0 spiro atoms. The number of guanidine groups is 1. The van der Waals surface area contributed by atoms with E-state index in [2.05, 4.69) is 20.9 Å². The largest absolute Gasteiger partial charge is 0.481 e. The molecule has 0 aromatic carbocycles. The highest BCUT2D eigenvalue weighted by Crippen LogP contribution is 2.12. The molecule has 14 heteroatoms. The first-order valence-electron chi connectivity index (χ1n) is 12.4. The maximum atomic E-state index is 13.2. The van der Waals surface area contributed by atoms with Crippen LogP contribution in [-0.4, -0.2) is 76.5 Å². The average Bonchev–Trinajstić information content (AvgIpc) is 2.80. The standard InChI is InChI=1S/C23H43N7O7/c1-5-13(4)18(21(35)28-15(22(36)37)8-9-17(31)32)30-20(34)16(11-12(2)3)29-19(33)14(24)7-6-10-27-23(25)26/h12-16,18H,5-11,24H2,1-4H3,(H,28,35)(H,29,33)(H,30,34)(H,31,32)(H,36,37)(H4,25,26,27). The van der Waals surface area contributed by atoms with Crippen LogP contribution in [-0.2, 0) is 24.0 Å². The third-order valence-electron chi connectivity index (χ3n) is 5.70. The van der Waals surface area contributed by atoms with Gasteiger partial charge >= 0.3 is 11.9 Å². The van der Waals surface area contributed by atoms with Crippen LogP contribution < -0.4 is 33.2 Å². The number of aliphatic imine (C=N–C) groups is 1. The van der Waals surface area contributed by atoms with Gasteiger partial charge in [-0.3, -0.25) is 24.2 Å². The number of nitrogens with one attached hydrogen (secondary N) is 3. The number of carbonyl (C=O) groups is 5. The molecule has 0 aliphatic rings. The number of carbonyl (C=O) groups excluding carboxylic acids is 3. The van der Waals surface area contributed by atoms with E-state index < -0.39 is 60.2 Å². The summed E-state index contributed by atoms with van der Waals surface area (Å²) in [5.41, 5.74) is 16.5. The summed E-state index contributed by atoms with van der Waals surface area (Å²) in [6.07, 6.45) is 0.716. The van der Waals surface area contributed by atoms with Gasteiger partial charge in [-0.15, -0.1) is 0 Å². The molecule has 0 aromatic rings. The molecule has 11 N–H and O–H groups in total. The van der Waals surface area contributed by atoms with E-state index in [1.54, 1.807) is 13.8 Å². The molecule has 0 rings (SSSR count). The smallest absolute Gasteiger partial charge is 0.326 e. The van der Waals surface area contributed by atoms with Crippen LogP contribution in [0.4, 0.5) is 0 Å². The van der Waals surface area contributed by atoms with E-state index in [4.69, 9.17) is 22.3 Å². The van der Waals surface area contributed by atoms with Gasteiger partial charge in [0.2, 0.25) is 17.7 Å². The molecule has 3 amide bonds. The van der Waals surface area contributed by atoms with Crippen LogP contribution in [0.3, 0.4) is 0 Å². The first-order valence-corrected chi connectivity index (χ1v) is 12.4. The number of hydrogen-bond acceptors (Lipinski definition) is 7. The van der Waals surface area contributed by atoms with E-state index >= 15 is 0 Å². The number of amides is 3. The van der Waals surface area contributed by atoms with Crippen LogP contribution in [0.15, 0.2) is 4.99 Å². The number of carboxylic acids is 2. The second-order valence-corrected chi connectivity index (χ2v) is 9.45. The number of aliphatic carboxylic acids is 2. The van der Waals surface area contributed by atoms with Crippen molar-refractivity contribution in [2.75, 3.05) is 6.54 Å². The van der Waals surface area contributed by atoms with Crippen LogP contribution in [0.5, 0.6) is 0 Å². The van der Waals surface area contributed by atoms with Crippen molar-refractivity contribution in [1.29, 1.82) is 0 Å². The Bertz CT molecular complexity index is 815. The summed E-state index contributed by atoms with van der Waals surface area (Å²) in [5.74, 6) is -4.95. The maximum Gasteiger partial charge on any atom is 0.326 e. The van der Waals surface area contributed by atoms with Gasteiger partial charge in [0.25, 0.3) is 0 Å². The summed E-state index contributed by atoms with van der Waals surface area (Å²) in [7, 11) is 0. The van der Waals surface area contributed by atoms with Crippen molar-refractivity contribution in [1.82, 2.24) is 16.0 Å². The van der Waals surface area contributed by atoms with Crippen molar-refractivity contribution in [3.63, 3.8) is 0 Å². The van der Waals surface area contributed by atoms with Crippen molar-refractivity contribution in [3.8, 4) is 0 Å². The highest BCUT2D eigenvalue weighted by Gasteiger charge is 2.33. The molecule has 0 bridgehead atoms. The Balaban J connectivity index is 5.47. The molecule has 37 heavy (non-hydrogen) atoms. The van der Waals surface area contributed by atoms with E-state index in [0.717, 1.165) is 0 Å². The normalized spacial score (nSPS) is 15.0.